The number of carbonyl (C=O) groups is 3. The Labute approximate surface area is 178 Å². The molecule has 1 aromatic rings. The number of hydrogen-bond donors (Lipinski definition) is 0. The van der Waals surface area contributed by atoms with Crippen LogP contribution in [-0.4, -0.2) is 54.8 Å². The van der Waals surface area contributed by atoms with Crippen molar-refractivity contribution in [3.8, 4) is 0 Å². The van der Waals surface area contributed by atoms with E-state index in [0.717, 1.165) is 12.0 Å². The highest BCUT2D eigenvalue weighted by Crippen LogP contribution is 2.29. The molecule has 0 saturated carbocycles. The van der Waals surface area contributed by atoms with Crippen LogP contribution in [0.1, 0.15) is 39.2 Å². The summed E-state index contributed by atoms with van der Waals surface area (Å²) in [5.74, 6) is -2.80. The van der Waals surface area contributed by atoms with Crippen LogP contribution in [0.4, 0.5) is 4.79 Å². The third-order valence-corrected chi connectivity index (χ3v) is 4.92. The van der Waals surface area contributed by atoms with E-state index in [4.69, 9.17) is 14.2 Å². The molecule has 2 atom stereocenters. The maximum absolute atomic E-state index is 13.1. The van der Waals surface area contributed by atoms with Crippen molar-refractivity contribution in [2.75, 3.05) is 14.2 Å². The second-order valence-electron chi connectivity index (χ2n) is 8.24. The predicted octanol–water partition coefficient (Wildman–Crippen LogP) is 3.52. The van der Waals surface area contributed by atoms with Crippen LogP contribution >= 0.6 is 0 Å². The number of methoxy groups -OCH3 is 2. The van der Waals surface area contributed by atoms with Crippen LogP contribution < -0.4 is 0 Å². The highest BCUT2D eigenvalue weighted by Gasteiger charge is 2.45. The molecule has 0 aromatic heterocycles. The summed E-state index contributed by atoms with van der Waals surface area (Å²) in [5.41, 5.74) is 0.420. The van der Waals surface area contributed by atoms with Crippen molar-refractivity contribution in [2.45, 2.75) is 57.7 Å². The SMILES string of the molecule is COC(=O)C(C(=O)OC)[C@@H]1C=CC[C@@H](CCc2ccccc2)N1C(=O)OC(C)(C)C. The molecule has 2 rings (SSSR count). The van der Waals surface area contributed by atoms with Gasteiger partial charge in [0.2, 0.25) is 0 Å². The van der Waals surface area contributed by atoms with E-state index >= 15 is 0 Å². The second kappa shape index (κ2) is 10.3. The summed E-state index contributed by atoms with van der Waals surface area (Å²) in [4.78, 5) is 39.5. The number of benzene rings is 1. The van der Waals surface area contributed by atoms with Crippen LogP contribution in [0.3, 0.4) is 0 Å². The van der Waals surface area contributed by atoms with E-state index < -0.39 is 35.6 Å². The van der Waals surface area contributed by atoms with E-state index in [2.05, 4.69) is 0 Å². The number of aryl methyl sites for hydroxylation is 1. The van der Waals surface area contributed by atoms with Gasteiger partial charge in [0.1, 0.15) is 5.60 Å². The maximum atomic E-state index is 13.1. The molecule has 1 aliphatic rings. The van der Waals surface area contributed by atoms with Gasteiger partial charge in [-0.3, -0.25) is 14.5 Å². The second-order valence-corrected chi connectivity index (χ2v) is 8.24. The summed E-state index contributed by atoms with van der Waals surface area (Å²) >= 11 is 0. The molecule has 0 aliphatic carbocycles. The molecule has 7 nitrogen and oxygen atoms in total. The average molecular weight is 418 g/mol. The monoisotopic (exact) mass is 417 g/mol. The number of nitrogens with zero attached hydrogens (tertiary/aromatic N) is 1. The van der Waals surface area contributed by atoms with Crippen LogP contribution in [0, 0.1) is 5.92 Å². The van der Waals surface area contributed by atoms with Crippen molar-refractivity contribution >= 4 is 18.0 Å². The zero-order chi connectivity index (χ0) is 22.3. The molecule has 30 heavy (non-hydrogen) atoms. The Morgan fingerprint density at radius 2 is 1.67 bits per heavy atom. The minimum Gasteiger partial charge on any atom is -0.468 e. The van der Waals surface area contributed by atoms with E-state index in [9.17, 15) is 14.4 Å². The molecule has 7 heteroatoms. The molecule has 0 unspecified atom stereocenters. The molecular weight excluding hydrogens is 386 g/mol. The molecule has 0 radical (unpaired) electrons. The Balaban J connectivity index is 2.36. The van der Waals surface area contributed by atoms with Gasteiger partial charge in [0.25, 0.3) is 0 Å². The first-order valence-electron chi connectivity index (χ1n) is 10.1. The molecule has 1 aliphatic heterocycles. The summed E-state index contributed by atoms with van der Waals surface area (Å²) in [6, 6.07) is 8.85. The van der Waals surface area contributed by atoms with Crippen LogP contribution in [0.2, 0.25) is 0 Å². The quantitative estimate of drug-likeness (QED) is 0.305. The molecule has 0 bridgehead atoms. The number of ether oxygens (including phenoxy) is 3. The Hall–Kier alpha value is -2.83. The number of amides is 1. The Morgan fingerprint density at radius 1 is 1.07 bits per heavy atom. The van der Waals surface area contributed by atoms with Crippen LogP contribution in [0.5, 0.6) is 0 Å². The Bertz CT molecular complexity index is 752. The van der Waals surface area contributed by atoms with Crippen molar-refractivity contribution in [1.29, 1.82) is 0 Å². The molecule has 0 saturated heterocycles. The first-order chi connectivity index (χ1) is 14.2. The van der Waals surface area contributed by atoms with Crippen molar-refractivity contribution in [1.82, 2.24) is 4.90 Å². The summed E-state index contributed by atoms with van der Waals surface area (Å²) in [6.45, 7) is 5.32. The van der Waals surface area contributed by atoms with Gasteiger partial charge in [0, 0.05) is 6.04 Å². The largest absolute Gasteiger partial charge is 0.468 e. The lowest BCUT2D eigenvalue weighted by Crippen LogP contribution is -2.56. The Morgan fingerprint density at radius 3 is 2.20 bits per heavy atom. The van der Waals surface area contributed by atoms with Gasteiger partial charge in [-0.1, -0.05) is 42.5 Å². The van der Waals surface area contributed by atoms with Crippen molar-refractivity contribution < 1.29 is 28.6 Å². The summed E-state index contributed by atoms with van der Waals surface area (Å²) < 4.78 is 15.3. The van der Waals surface area contributed by atoms with Gasteiger partial charge in [-0.05, 0) is 45.6 Å². The minimum absolute atomic E-state index is 0.244. The average Bonchev–Trinajstić information content (AvgIpc) is 2.71. The van der Waals surface area contributed by atoms with Gasteiger partial charge in [-0.15, -0.1) is 0 Å². The number of hydrogen-bond acceptors (Lipinski definition) is 6. The number of esters is 2. The third kappa shape index (κ3) is 6.08. The third-order valence-electron chi connectivity index (χ3n) is 4.92. The highest BCUT2D eigenvalue weighted by atomic mass is 16.6. The lowest BCUT2D eigenvalue weighted by atomic mass is 9.90. The minimum atomic E-state index is -1.29. The molecular formula is C23H31NO6. The summed E-state index contributed by atoms with van der Waals surface area (Å²) in [6.07, 6.45) is 4.98. The first kappa shape index (κ1) is 23.4. The first-order valence-corrected chi connectivity index (χ1v) is 10.1. The zero-order valence-electron chi connectivity index (χ0n) is 18.3. The fraction of sp³-hybridized carbons (Fsp3) is 0.522. The summed E-state index contributed by atoms with van der Waals surface area (Å²) in [5, 5.41) is 0. The standard InChI is InChI=1S/C23H31NO6/c1-23(2,3)30-22(27)24-17(15-14-16-10-7-6-8-11-16)12-9-13-18(24)19(20(25)28-4)21(26)29-5/h6-11,13,17-19H,12,14-15H2,1-5H3/t17-,18-/m0/s1. The van der Waals surface area contributed by atoms with Gasteiger partial charge in [0.05, 0.1) is 20.3 Å². The van der Waals surface area contributed by atoms with E-state index in [1.54, 1.807) is 26.8 Å². The van der Waals surface area contributed by atoms with Gasteiger partial charge in [0.15, 0.2) is 5.92 Å². The summed E-state index contributed by atoms with van der Waals surface area (Å²) in [7, 11) is 2.41. The molecule has 0 N–H and O–H groups in total. The van der Waals surface area contributed by atoms with E-state index in [0.29, 0.717) is 12.8 Å². The molecule has 1 amide bonds. The fourth-order valence-corrected chi connectivity index (χ4v) is 3.55. The predicted molar refractivity (Wildman–Crippen MR) is 112 cm³/mol. The van der Waals surface area contributed by atoms with Crippen LogP contribution in [0.25, 0.3) is 0 Å². The fourth-order valence-electron chi connectivity index (χ4n) is 3.55. The van der Waals surface area contributed by atoms with Crippen molar-refractivity contribution in [3.05, 3.63) is 48.0 Å². The van der Waals surface area contributed by atoms with Gasteiger partial charge >= 0.3 is 18.0 Å². The molecule has 1 heterocycles. The van der Waals surface area contributed by atoms with E-state index in [1.165, 1.54) is 19.1 Å². The van der Waals surface area contributed by atoms with Gasteiger partial charge in [-0.25, -0.2) is 4.79 Å². The lowest BCUT2D eigenvalue weighted by molar-refractivity contribution is -0.161. The van der Waals surface area contributed by atoms with Crippen LogP contribution in [-0.2, 0) is 30.2 Å². The normalized spacial score (nSPS) is 18.8. The molecule has 164 valence electrons. The van der Waals surface area contributed by atoms with Crippen molar-refractivity contribution in [2.24, 2.45) is 5.92 Å². The lowest BCUT2D eigenvalue weighted by Gasteiger charge is -2.41. The zero-order valence-corrected chi connectivity index (χ0v) is 18.3. The van der Waals surface area contributed by atoms with Crippen molar-refractivity contribution in [3.63, 3.8) is 0 Å². The number of carbonyl (C=O) groups excluding carboxylic acids is 3. The topological polar surface area (TPSA) is 82.1 Å². The van der Waals surface area contributed by atoms with Gasteiger partial charge < -0.3 is 14.2 Å². The van der Waals surface area contributed by atoms with Crippen LogP contribution in [0.15, 0.2) is 42.5 Å². The molecule has 0 fully saturated rings. The van der Waals surface area contributed by atoms with E-state index in [1.807, 2.05) is 36.4 Å². The molecule has 0 spiro atoms. The highest BCUT2D eigenvalue weighted by molar-refractivity contribution is 5.96. The van der Waals surface area contributed by atoms with Gasteiger partial charge in [-0.2, -0.15) is 0 Å². The maximum Gasteiger partial charge on any atom is 0.411 e. The Kier molecular flexibility index (Phi) is 8.03. The van der Waals surface area contributed by atoms with E-state index in [-0.39, 0.29) is 6.04 Å². The number of rotatable bonds is 6. The molecule has 1 aromatic carbocycles. The smallest absolute Gasteiger partial charge is 0.411 e.